The molecule has 4 bridgehead atoms. The van der Waals surface area contributed by atoms with E-state index >= 15 is 0 Å². The number of ether oxygens (including phenoxy) is 3. The number of piperidine rings is 2. The molecule has 0 radical (unpaired) electrons. The highest BCUT2D eigenvalue weighted by Crippen LogP contribution is 2.50. The Bertz CT molecular complexity index is 3440. The summed E-state index contributed by atoms with van der Waals surface area (Å²) < 4.78 is 32.0. The molecule has 0 spiro atoms. The van der Waals surface area contributed by atoms with Gasteiger partial charge in [-0.15, -0.1) is 0 Å². The van der Waals surface area contributed by atoms with E-state index in [9.17, 15) is 4.79 Å². The number of hydrogen-bond acceptors (Lipinski definition) is 16. The average molecular weight is 1130 g/mol. The second-order valence-electron chi connectivity index (χ2n) is 20.2. The molecular weight excluding hydrogens is 1080 g/mol. The van der Waals surface area contributed by atoms with Gasteiger partial charge in [0, 0.05) is 77.2 Å². The zero-order valence-electron chi connectivity index (χ0n) is 40.4. The molecule has 75 heavy (non-hydrogen) atoms. The van der Waals surface area contributed by atoms with Crippen molar-refractivity contribution in [1.82, 2.24) is 20.3 Å². The molecule has 4 aromatic heterocycles. The molecule has 2 saturated heterocycles. The van der Waals surface area contributed by atoms with E-state index < -0.39 is 0 Å². The first-order valence-corrected chi connectivity index (χ1v) is 28.2. The summed E-state index contributed by atoms with van der Waals surface area (Å²) in [7, 11) is 0. The third-order valence-corrected chi connectivity index (χ3v) is 18.7. The predicted molar refractivity (Wildman–Crippen MR) is 288 cm³/mol. The third kappa shape index (κ3) is 10.1. The van der Waals surface area contributed by atoms with Crippen LogP contribution in [0.25, 0.3) is 42.9 Å². The van der Waals surface area contributed by atoms with Gasteiger partial charge in [-0.1, -0.05) is 97.6 Å². The van der Waals surface area contributed by atoms with Crippen molar-refractivity contribution in [2.24, 2.45) is 11.8 Å². The lowest BCUT2D eigenvalue weighted by Gasteiger charge is -2.31. The Hall–Kier alpha value is -5.39. The number of nitrogens with zero attached hydrogens (tertiary/aromatic N) is 6. The summed E-state index contributed by atoms with van der Waals surface area (Å²) >= 11 is 29.5. The zero-order chi connectivity index (χ0) is 51.5. The van der Waals surface area contributed by atoms with Gasteiger partial charge in [0.1, 0.15) is 28.7 Å². The van der Waals surface area contributed by atoms with Crippen LogP contribution in [-0.2, 0) is 37.1 Å². The van der Waals surface area contributed by atoms with Crippen LogP contribution in [-0.4, -0.2) is 70.3 Å². The molecule has 4 aromatic carbocycles. The van der Waals surface area contributed by atoms with E-state index in [4.69, 9.17) is 89.2 Å². The van der Waals surface area contributed by atoms with Gasteiger partial charge in [-0.2, -0.15) is 9.59 Å². The lowest BCUT2D eigenvalue weighted by molar-refractivity contribution is -0.191. The van der Waals surface area contributed by atoms with Crippen molar-refractivity contribution in [3.63, 3.8) is 0 Å². The van der Waals surface area contributed by atoms with E-state index in [0.717, 1.165) is 124 Å². The normalized spacial score (nSPS) is 22.4. The number of thiazole rings is 2. The smallest absolute Gasteiger partial charge is 0.373 e. The molecule has 6 aliphatic rings. The van der Waals surface area contributed by atoms with Crippen molar-refractivity contribution in [1.29, 1.82) is 0 Å². The molecule has 0 N–H and O–H groups in total. The number of anilines is 2. The number of rotatable bonds is 14. The monoisotopic (exact) mass is 1120 g/mol. The van der Waals surface area contributed by atoms with Crippen LogP contribution in [0.15, 0.2) is 81.8 Å². The van der Waals surface area contributed by atoms with E-state index in [1.807, 2.05) is 48.5 Å². The average Bonchev–Trinajstić information content (AvgIpc) is 3.81. The van der Waals surface area contributed by atoms with Crippen LogP contribution in [0.4, 0.5) is 10.3 Å². The van der Waals surface area contributed by atoms with Crippen molar-refractivity contribution in [3.05, 3.63) is 121 Å². The predicted octanol–water partition coefficient (Wildman–Crippen LogP) is 13.9. The second-order valence-corrected chi connectivity index (χ2v) is 23.8. The molecule has 0 amide bonds. The summed E-state index contributed by atoms with van der Waals surface area (Å²) in [4.78, 5) is 41.6. The number of carbonyl (C=O) groups excluding carboxylic acids is 3. The first kappa shape index (κ1) is 50.4. The number of benzene rings is 4. The van der Waals surface area contributed by atoms with Gasteiger partial charge in [0.15, 0.2) is 10.3 Å². The fourth-order valence-corrected chi connectivity index (χ4v) is 14.8. The molecule has 14 nitrogen and oxygen atoms in total. The Morgan fingerprint density at radius 1 is 0.653 bits per heavy atom. The summed E-state index contributed by atoms with van der Waals surface area (Å²) in [5.74, 6) is 4.13. The molecule has 6 atom stereocenters. The van der Waals surface area contributed by atoms with Crippen LogP contribution in [0.3, 0.4) is 0 Å². The summed E-state index contributed by atoms with van der Waals surface area (Å²) in [5, 5.41) is 13.2. The van der Waals surface area contributed by atoms with E-state index in [0.29, 0.717) is 92.5 Å². The summed E-state index contributed by atoms with van der Waals surface area (Å²) in [6.45, 7) is 5.39. The molecule has 6 unspecified atom stereocenters. The number of fused-ring (bicyclic) bond motifs is 6. The molecular formula is C55H48Cl4N6O8S2. The highest BCUT2D eigenvalue weighted by Gasteiger charge is 2.48. The molecule has 8 aromatic rings. The van der Waals surface area contributed by atoms with E-state index in [2.05, 4.69) is 45.2 Å². The molecule has 4 saturated carbocycles. The lowest BCUT2D eigenvalue weighted by Crippen LogP contribution is -2.38. The quantitative estimate of drug-likeness (QED) is 0.0945. The van der Waals surface area contributed by atoms with Crippen LogP contribution < -0.4 is 14.5 Å². The summed E-state index contributed by atoms with van der Waals surface area (Å²) in [6.07, 6.45) is 9.31. The molecule has 6 heterocycles. The van der Waals surface area contributed by atoms with Crippen LogP contribution in [0.2, 0.25) is 20.1 Å². The highest BCUT2D eigenvalue weighted by atomic mass is 35.5. The number of halogens is 4. The molecule has 386 valence electrons. The van der Waals surface area contributed by atoms with Crippen molar-refractivity contribution in [3.8, 4) is 28.3 Å². The molecule has 4 aliphatic carbocycles. The molecule has 6 fully saturated rings. The van der Waals surface area contributed by atoms with E-state index in [1.165, 1.54) is 10.3 Å². The first-order chi connectivity index (χ1) is 36.5. The van der Waals surface area contributed by atoms with Crippen molar-refractivity contribution in [2.45, 2.75) is 108 Å². The maximum Gasteiger partial charge on any atom is 0.373 e. The first-order valence-electron chi connectivity index (χ1n) is 25.0. The fourth-order valence-electron chi connectivity index (χ4n) is 11.5. The summed E-state index contributed by atoms with van der Waals surface area (Å²) in [5.41, 5.74) is 8.11. The maximum atomic E-state index is 10.7. The maximum absolute atomic E-state index is 10.7. The number of aromatic nitrogens is 4. The second kappa shape index (κ2) is 21.2. The van der Waals surface area contributed by atoms with Crippen molar-refractivity contribution < 1.29 is 37.6 Å². The van der Waals surface area contributed by atoms with Crippen molar-refractivity contribution >= 4 is 112 Å². The van der Waals surface area contributed by atoms with Crippen LogP contribution in [0, 0.1) is 18.8 Å². The van der Waals surface area contributed by atoms with Crippen LogP contribution in [0.5, 0.6) is 5.75 Å². The molecule has 20 heteroatoms. The van der Waals surface area contributed by atoms with Gasteiger partial charge in [0.2, 0.25) is 0 Å². The SMILES string of the molecule is Cc1ccc2nc(N3CC4CC3CC4OCc3c(-c4c(Cl)cccc4Cl)noc3C3CC3)sc2c1.O=C=O.O=COc1ccc2nc(N3CC4CC3CC4OCc3c(-c4c(Cl)cccc4Cl)noc3C3CC3)sc2c1. The topological polar surface area (TPSA) is 163 Å². The number of carbonyl (C=O) groups is 1. The molecule has 2 aliphatic heterocycles. The largest absolute Gasteiger partial charge is 0.429 e. The highest BCUT2D eigenvalue weighted by molar-refractivity contribution is 7.22. The van der Waals surface area contributed by atoms with Gasteiger partial charge < -0.3 is 33.1 Å². The Kier molecular flexibility index (Phi) is 14.3. The minimum atomic E-state index is 0.166. The standard InChI is InChI=1S/C27H23Cl2N3O4S.C27H25Cl2N3O2S.CO2/c28-19-2-1-3-20(29)24(19)25-18(26(36-31-25)14-4-5-14)12-34-22-9-16-8-15(22)11-32(16)27-30-21-7-6-17(35-13-33)10-23(21)37-27;1-14-5-8-21-23(9-14)35-27(30-21)32-12-16-10-17(32)11-22(16)33-13-18-25(31-34-26(18)15-6-7-15)24-19(28)3-2-4-20(24)29;2-1-3/h1-3,6-7,10,13-16,22H,4-5,8-9,11-12H2;2-5,8-9,15-17,22H,6-7,10-13H2,1H3;. The van der Waals surface area contributed by atoms with Gasteiger partial charge in [0.25, 0.3) is 6.47 Å². The van der Waals surface area contributed by atoms with Crippen LogP contribution >= 0.6 is 69.1 Å². The van der Waals surface area contributed by atoms with E-state index in [1.54, 1.807) is 28.7 Å². The number of hydrogen-bond donors (Lipinski definition) is 0. The van der Waals surface area contributed by atoms with Gasteiger partial charge in [-0.3, -0.25) is 4.79 Å². The third-order valence-electron chi connectivity index (χ3n) is 15.3. The lowest BCUT2D eigenvalue weighted by atomic mass is 10.0. The van der Waals surface area contributed by atoms with Gasteiger partial charge in [-0.25, -0.2) is 9.97 Å². The minimum Gasteiger partial charge on any atom is -0.429 e. The Morgan fingerprint density at radius 2 is 1.11 bits per heavy atom. The van der Waals surface area contributed by atoms with Gasteiger partial charge in [-0.05, 0) is 112 Å². The van der Waals surface area contributed by atoms with Gasteiger partial charge >= 0.3 is 6.15 Å². The number of aryl methyl sites for hydroxylation is 1. The van der Waals surface area contributed by atoms with Gasteiger partial charge in [0.05, 0.1) is 65.9 Å². The zero-order valence-corrected chi connectivity index (χ0v) is 45.0. The minimum absolute atomic E-state index is 0.166. The summed E-state index contributed by atoms with van der Waals surface area (Å²) in [6, 6.07) is 23.9. The van der Waals surface area contributed by atoms with Crippen LogP contribution in [0.1, 0.15) is 91.4 Å². The van der Waals surface area contributed by atoms with Crippen molar-refractivity contribution in [2.75, 3.05) is 22.9 Å². The Labute approximate surface area is 459 Å². The Morgan fingerprint density at radius 3 is 1.53 bits per heavy atom. The fraction of sp³-hybridized carbons (Fsp3) is 0.382. The Balaban J connectivity index is 0.000000145. The van der Waals surface area contributed by atoms with E-state index in [-0.39, 0.29) is 18.4 Å². The molecule has 14 rings (SSSR count).